The van der Waals surface area contributed by atoms with Gasteiger partial charge in [0.2, 0.25) is 0 Å². The summed E-state index contributed by atoms with van der Waals surface area (Å²) in [6, 6.07) is 14.6. The Kier molecular flexibility index (Phi) is 4.25. The molecule has 0 unspecified atom stereocenters. The fourth-order valence-electron chi connectivity index (χ4n) is 1.62. The van der Waals surface area contributed by atoms with Gasteiger partial charge in [-0.3, -0.25) is 4.55 Å². The predicted molar refractivity (Wildman–Crippen MR) is 74.0 cm³/mol. The summed E-state index contributed by atoms with van der Waals surface area (Å²) in [7, 11) is -5.88. The zero-order valence-electron chi connectivity index (χ0n) is 10.9. The van der Waals surface area contributed by atoms with Gasteiger partial charge in [0.1, 0.15) is 5.75 Å². The Balaban J connectivity index is 2.17. The number of carbonyl (C=O) groups excluding carboxylic acids is 1. The highest BCUT2D eigenvalue weighted by molar-refractivity contribution is 7.87. The molecule has 0 atom stereocenters. The average molecular weight is 328 g/mol. The van der Waals surface area contributed by atoms with Crippen molar-refractivity contribution >= 4 is 16.1 Å². The zero-order chi connectivity index (χ0) is 16.4. The van der Waals surface area contributed by atoms with E-state index in [1.54, 1.807) is 0 Å². The van der Waals surface area contributed by atoms with Crippen molar-refractivity contribution in [2.24, 2.45) is 0 Å². The minimum absolute atomic E-state index is 0.270. The van der Waals surface area contributed by atoms with Crippen molar-refractivity contribution in [2.45, 2.75) is 5.25 Å². The summed E-state index contributed by atoms with van der Waals surface area (Å²) in [6.07, 6.45) is 0. The Morgan fingerprint density at radius 3 is 1.95 bits per heavy atom. The molecule has 0 saturated heterocycles. The number of hydrogen-bond donors (Lipinski definition) is 1. The number of carbonyl (C=O) groups is 1. The molecule has 22 heavy (non-hydrogen) atoms. The molecule has 0 aliphatic carbocycles. The van der Waals surface area contributed by atoms with Crippen molar-refractivity contribution in [1.29, 1.82) is 0 Å². The molecule has 0 aliphatic rings. The van der Waals surface area contributed by atoms with Gasteiger partial charge in [-0.15, -0.1) is 0 Å². The van der Waals surface area contributed by atoms with E-state index in [0.717, 1.165) is 11.1 Å². The van der Waals surface area contributed by atoms with E-state index < -0.39 is 21.3 Å². The maximum absolute atomic E-state index is 13.0. The van der Waals surface area contributed by atoms with Crippen LogP contribution in [-0.2, 0) is 14.9 Å². The molecule has 8 heteroatoms. The van der Waals surface area contributed by atoms with E-state index in [1.807, 2.05) is 30.3 Å². The van der Waals surface area contributed by atoms with Crippen molar-refractivity contribution in [3.05, 3.63) is 54.6 Å². The monoisotopic (exact) mass is 328 g/mol. The third-order valence-corrected chi connectivity index (χ3v) is 3.55. The van der Waals surface area contributed by atoms with E-state index in [0.29, 0.717) is 0 Å². The normalized spacial score (nSPS) is 12.0. The third kappa shape index (κ3) is 3.29. The second kappa shape index (κ2) is 5.82. The van der Waals surface area contributed by atoms with Crippen molar-refractivity contribution in [3.63, 3.8) is 0 Å². The number of rotatable bonds is 4. The molecule has 0 aromatic heterocycles. The van der Waals surface area contributed by atoms with Crippen LogP contribution in [0.4, 0.5) is 8.78 Å². The number of ether oxygens (including phenoxy) is 1. The van der Waals surface area contributed by atoms with Gasteiger partial charge in [-0.1, -0.05) is 42.5 Å². The van der Waals surface area contributed by atoms with E-state index in [-0.39, 0.29) is 5.75 Å². The Labute approximate surface area is 124 Å². The molecule has 2 aromatic carbocycles. The molecule has 116 valence electrons. The van der Waals surface area contributed by atoms with Crippen LogP contribution in [-0.4, -0.2) is 24.2 Å². The summed E-state index contributed by atoms with van der Waals surface area (Å²) < 4.78 is 59.5. The Morgan fingerprint density at radius 1 is 0.955 bits per heavy atom. The summed E-state index contributed by atoms with van der Waals surface area (Å²) in [4.78, 5) is 11.1. The van der Waals surface area contributed by atoms with Crippen molar-refractivity contribution in [3.8, 4) is 16.9 Å². The van der Waals surface area contributed by atoms with Gasteiger partial charge < -0.3 is 4.74 Å². The Hall–Kier alpha value is -2.32. The average Bonchev–Trinajstić information content (AvgIpc) is 2.47. The maximum atomic E-state index is 13.0. The van der Waals surface area contributed by atoms with Gasteiger partial charge >= 0.3 is 21.3 Å². The van der Waals surface area contributed by atoms with Gasteiger partial charge in [0.25, 0.3) is 0 Å². The maximum Gasteiger partial charge on any atom is 0.466 e. The van der Waals surface area contributed by atoms with Crippen LogP contribution in [0.1, 0.15) is 0 Å². The SMILES string of the molecule is O=C(Oc1ccc(-c2ccccc2)cc1)C(F)(F)S(=O)(=O)O. The van der Waals surface area contributed by atoms with Crippen molar-refractivity contribution in [2.75, 3.05) is 0 Å². The van der Waals surface area contributed by atoms with Gasteiger partial charge in [0.05, 0.1) is 0 Å². The summed E-state index contributed by atoms with van der Waals surface area (Å²) >= 11 is 0. The quantitative estimate of drug-likeness (QED) is 0.530. The standard InChI is InChI=1S/C14H10F2O5S/c15-14(16,22(18,19)20)13(17)21-12-8-6-11(7-9-12)10-4-2-1-3-5-10/h1-9H,(H,18,19,20). The number of benzene rings is 2. The van der Waals surface area contributed by atoms with E-state index in [4.69, 9.17) is 4.55 Å². The number of alkyl halides is 2. The first kappa shape index (κ1) is 16.1. The highest BCUT2D eigenvalue weighted by Gasteiger charge is 2.54. The largest absolute Gasteiger partial charge is 0.466 e. The second-order valence-electron chi connectivity index (χ2n) is 4.27. The zero-order valence-corrected chi connectivity index (χ0v) is 11.8. The van der Waals surface area contributed by atoms with Crippen LogP contribution in [0.5, 0.6) is 5.75 Å². The Morgan fingerprint density at radius 2 is 1.45 bits per heavy atom. The second-order valence-corrected chi connectivity index (χ2v) is 5.73. The molecule has 0 aliphatic heterocycles. The van der Waals surface area contributed by atoms with E-state index >= 15 is 0 Å². The lowest BCUT2D eigenvalue weighted by Gasteiger charge is -2.12. The number of hydrogen-bond acceptors (Lipinski definition) is 4. The van der Waals surface area contributed by atoms with E-state index in [1.165, 1.54) is 24.3 Å². The summed E-state index contributed by atoms with van der Waals surface area (Å²) in [5, 5.41) is -5.02. The lowest BCUT2D eigenvalue weighted by atomic mass is 10.1. The molecule has 5 nitrogen and oxygen atoms in total. The van der Waals surface area contributed by atoms with Crippen molar-refractivity contribution in [1.82, 2.24) is 0 Å². The topological polar surface area (TPSA) is 80.7 Å². The fraction of sp³-hybridized carbons (Fsp3) is 0.0714. The molecule has 0 saturated carbocycles. The molecule has 2 aromatic rings. The number of esters is 1. The van der Waals surface area contributed by atoms with Crippen LogP contribution in [0.15, 0.2) is 54.6 Å². The molecule has 0 fully saturated rings. The van der Waals surface area contributed by atoms with Gasteiger partial charge in [-0.2, -0.15) is 17.2 Å². The summed E-state index contributed by atoms with van der Waals surface area (Å²) in [5.41, 5.74) is 1.62. The molecule has 0 radical (unpaired) electrons. The van der Waals surface area contributed by atoms with E-state index in [2.05, 4.69) is 4.74 Å². The van der Waals surface area contributed by atoms with Gasteiger partial charge in [-0.25, -0.2) is 4.79 Å². The first-order chi connectivity index (χ1) is 10.2. The van der Waals surface area contributed by atoms with Crippen LogP contribution in [0.25, 0.3) is 11.1 Å². The van der Waals surface area contributed by atoms with Gasteiger partial charge in [-0.05, 0) is 23.3 Å². The van der Waals surface area contributed by atoms with Crippen LogP contribution < -0.4 is 4.74 Å². The molecular formula is C14H10F2O5S. The first-order valence-corrected chi connectivity index (χ1v) is 7.38. The Bertz CT molecular complexity index is 771. The lowest BCUT2D eigenvalue weighted by molar-refractivity contribution is -0.151. The predicted octanol–water partition coefficient (Wildman–Crippen LogP) is 2.74. The van der Waals surface area contributed by atoms with Crippen molar-refractivity contribution < 1.29 is 31.3 Å². The molecule has 0 heterocycles. The van der Waals surface area contributed by atoms with Gasteiger partial charge in [0, 0.05) is 0 Å². The molecule has 0 spiro atoms. The minimum Gasteiger partial charge on any atom is -0.421 e. The fourth-order valence-corrected chi connectivity index (χ4v) is 1.87. The smallest absolute Gasteiger partial charge is 0.421 e. The highest BCUT2D eigenvalue weighted by Crippen LogP contribution is 2.26. The molecule has 0 bridgehead atoms. The van der Waals surface area contributed by atoms with E-state index in [9.17, 15) is 22.0 Å². The number of halogens is 2. The van der Waals surface area contributed by atoms with Crippen LogP contribution in [0.3, 0.4) is 0 Å². The lowest BCUT2D eigenvalue weighted by Crippen LogP contribution is -2.40. The summed E-state index contributed by atoms with van der Waals surface area (Å²) in [6.45, 7) is 0. The van der Waals surface area contributed by atoms with Gasteiger partial charge in [0.15, 0.2) is 0 Å². The van der Waals surface area contributed by atoms with Crippen LogP contribution in [0, 0.1) is 0 Å². The third-order valence-electron chi connectivity index (χ3n) is 2.73. The first-order valence-electron chi connectivity index (χ1n) is 5.94. The molecule has 1 N–H and O–H groups in total. The molecule has 0 amide bonds. The molecular weight excluding hydrogens is 318 g/mol. The van der Waals surface area contributed by atoms with Crippen LogP contribution in [0.2, 0.25) is 0 Å². The van der Waals surface area contributed by atoms with Crippen LogP contribution >= 0.6 is 0 Å². The molecule has 2 rings (SSSR count). The summed E-state index contributed by atoms with van der Waals surface area (Å²) in [5.74, 6) is -2.64. The highest BCUT2D eigenvalue weighted by atomic mass is 32.2. The minimum atomic E-state index is -5.88.